The standard InChI is InChI=1S/C65H112O6/c1-4-7-10-13-16-19-22-25-28-30-32-34-37-40-43-46-49-52-55-58-64(67)70-61-62(60-69-63(66)57-54-51-48-45-42-39-36-27-24-21-18-15-12-9-6-3)71-65(68)59-56-53-50-47-44-41-38-35-33-31-29-26-23-20-17-14-11-8-5-2/h7,10,16-17,19-20,25-26,28-29,32,34,40,43,62H,4-6,8-9,11-15,18,21-24,27,30-31,33,35-39,41-42,44-61H2,1-3H3/b10-7-,19-16-,20-17-,28-25-,29-26-,34-32-,43-40-. The fourth-order valence-electron chi connectivity index (χ4n) is 8.38. The molecule has 1 unspecified atom stereocenters. The van der Waals surface area contributed by atoms with Gasteiger partial charge in [0.25, 0.3) is 0 Å². The van der Waals surface area contributed by atoms with Gasteiger partial charge in [-0.2, -0.15) is 0 Å². The molecule has 71 heavy (non-hydrogen) atoms. The van der Waals surface area contributed by atoms with Crippen molar-refractivity contribution in [3.05, 3.63) is 85.1 Å². The van der Waals surface area contributed by atoms with Gasteiger partial charge in [-0.25, -0.2) is 0 Å². The molecule has 0 aromatic heterocycles. The largest absolute Gasteiger partial charge is 0.462 e. The minimum Gasteiger partial charge on any atom is -0.462 e. The Morgan fingerprint density at radius 3 is 0.901 bits per heavy atom. The molecule has 408 valence electrons. The Morgan fingerprint density at radius 1 is 0.296 bits per heavy atom. The van der Waals surface area contributed by atoms with E-state index < -0.39 is 6.10 Å². The number of hydrogen-bond donors (Lipinski definition) is 0. The van der Waals surface area contributed by atoms with Crippen LogP contribution in [0.25, 0.3) is 0 Å². The number of carbonyl (C=O) groups excluding carboxylic acids is 3. The lowest BCUT2D eigenvalue weighted by atomic mass is 10.0. The average molecular weight is 990 g/mol. The van der Waals surface area contributed by atoms with Crippen LogP contribution < -0.4 is 0 Å². The van der Waals surface area contributed by atoms with Crippen molar-refractivity contribution < 1.29 is 28.6 Å². The summed E-state index contributed by atoms with van der Waals surface area (Å²) >= 11 is 0. The summed E-state index contributed by atoms with van der Waals surface area (Å²) in [6.45, 7) is 6.50. The fourth-order valence-corrected chi connectivity index (χ4v) is 8.38. The predicted molar refractivity (Wildman–Crippen MR) is 307 cm³/mol. The van der Waals surface area contributed by atoms with E-state index in [1.165, 1.54) is 148 Å². The number of esters is 3. The molecule has 0 radical (unpaired) electrons. The van der Waals surface area contributed by atoms with Crippen LogP contribution in [0.2, 0.25) is 0 Å². The lowest BCUT2D eigenvalue weighted by Crippen LogP contribution is -2.30. The molecule has 1 atom stereocenters. The molecule has 0 aliphatic rings. The topological polar surface area (TPSA) is 78.9 Å². The lowest BCUT2D eigenvalue weighted by molar-refractivity contribution is -0.167. The highest BCUT2D eigenvalue weighted by molar-refractivity contribution is 5.71. The molecule has 0 aromatic carbocycles. The van der Waals surface area contributed by atoms with Gasteiger partial charge in [0, 0.05) is 19.3 Å². The smallest absolute Gasteiger partial charge is 0.306 e. The van der Waals surface area contributed by atoms with Gasteiger partial charge in [0.15, 0.2) is 6.10 Å². The van der Waals surface area contributed by atoms with Gasteiger partial charge in [-0.05, 0) is 96.3 Å². The maximum absolute atomic E-state index is 12.9. The molecular formula is C65H112O6. The summed E-state index contributed by atoms with van der Waals surface area (Å²) in [4.78, 5) is 38.2. The van der Waals surface area contributed by atoms with E-state index >= 15 is 0 Å². The summed E-state index contributed by atoms with van der Waals surface area (Å²) in [7, 11) is 0. The zero-order valence-electron chi connectivity index (χ0n) is 46.7. The van der Waals surface area contributed by atoms with E-state index in [1.54, 1.807) is 0 Å². The summed E-state index contributed by atoms with van der Waals surface area (Å²) in [5, 5.41) is 0. The van der Waals surface area contributed by atoms with Crippen LogP contribution in [0, 0.1) is 0 Å². The molecule has 0 aliphatic heterocycles. The second-order valence-corrected chi connectivity index (χ2v) is 19.9. The zero-order chi connectivity index (χ0) is 51.4. The fraction of sp³-hybridized carbons (Fsp3) is 0.738. The maximum atomic E-state index is 12.9. The van der Waals surface area contributed by atoms with Crippen LogP contribution in [0.3, 0.4) is 0 Å². The lowest BCUT2D eigenvalue weighted by Gasteiger charge is -2.18. The molecule has 0 aromatic rings. The van der Waals surface area contributed by atoms with Gasteiger partial charge in [0.2, 0.25) is 0 Å². The molecule has 0 fully saturated rings. The zero-order valence-corrected chi connectivity index (χ0v) is 46.7. The van der Waals surface area contributed by atoms with E-state index in [0.29, 0.717) is 19.3 Å². The summed E-state index contributed by atoms with van der Waals surface area (Å²) in [5.41, 5.74) is 0. The van der Waals surface area contributed by atoms with Crippen molar-refractivity contribution in [2.24, 2.45) is 0 Å². The third kappa shape index (κ3) is 57.4. The average Bonchev–Trinajstić information content (AvgIpc) is 3.37. The first-order valence-corrected chi connectivity index (χ1v) is 30.1. The Morgan fingerprint density at radius 2 is 0.549 bits per heavy atom. The molecule has 0 N–H and O–H groups in total. The SMILES string of the molecule is CC/C=C\C/C=C\C/C=C\C/C=C\C/C=C\CCCCCC(=O)OCC(COC(=O)CCCCCCCCCCCCCCCCC)OC(=O)CCCCCCCCCCC/C=C\C/C=C\CCCCC. The first kappa shape index (κ1) is 67.6. The van der Waals surface area contributed by atoms with Gasteiger partial charge < -0.3 is 14.2 Å². The quantitative estimate of drug-likeness (QED) is 0.0261. The first-order chi connectivity index (χ1) is 35.0. The molecule has 0 heterocycles. The van der Waals surface area contributed by atoms with Gasteiger partial charge in [-0.3, -0.25) is 14.4 Å². The predicted octanol–water partition coefficient (Wildman–Crippen LogP) is 20.3. The monoisotopic (exact) mass is 989 g/mol. The second-order valence-electron chi connectivity index (χ2n) is 19.9. The number of ether oxygens (including phenoxy) is 3. The summed E-state index contributed by atoms with van der Waals surface area (Å²) in [5.74, 6) is -0.914. The van der Waals surface area contributed by atoms with E-state index in [4.69, 9.17) is 14.2 Å². The van der Waals surface area contributed by atoms with Crippen LogP contribution in [0.5, 0.6) is 0 Å². The van der Waals surface area contributed by atoms with Gasteiger partial charge in [0.1, 0.15) is 13.2 Å². The first-order valence-electron chi connectivity index (χ1n) is 30.1. The highest BCUT2D eigenvalue weighted by atomic mass is 16.6. The van der Waals surface area contributed by atoms with Gasteiger partial charge >= 0.3 is 17.9 Å². The highest BCUT2D eigenvalue weighted by Crippen LogP contribution is 2.16. The molecule has 0 spiro atoms. The van der Waals surface area contributed by atoms with Crippen LogP contribution in [-0.2, 0) is 28.6 Å². The van der Waals surface area contributed by atoms with E-state index in [2.05, 4.69) is 106 Å². The molecule has 0 rings (SSSR count). The molecule has 6 nitrogen and oxygen atoms in total. The maximum Gasteiger partial charge on any atom is 0.306 e. The molecule has 0 saturated heterocycles. The van der Waals surface area contributed by atoms with Crippen LogP contribution in [-0.4, -0.2) is 37.2 Å². The van der Waals surface area contributed by atoms with Gasteiger partial charge in [-0.1, -0.05) is 260 Å². The minimum absolute atomic E-state index is 0.0866. The van der Waals surface area contributed by atoms with Gasteiger partial charge in [0.05, 0.1) is 0 Å². The van der Waals surface area contributed by atoms with Crippen molar-refractivity contribution in [1.82, 2.24) is 0 Å². The van der Waals surface area contributed by atoms with Crippen molar-refractivity contribution in [1.29, 1.82) is 0 Å². The van der Waals surface area contributed by atoms with Crippen molar-refractivity contribution in [2.75, 3.05) is 13.2 Å². The molecule has 0 saturated carbocycles. The van der Waals surface area contributed by atoms with E-state index in [-0.39, 0.29) is 31.1 Å². The third-order valence-corrected chi connectivity index (χ3v) is 12.9. The van der Waals surface area contributed by atoms with Crippen LogP contribution in [0.1, 0.15) is 290 Å². The Bertz CT molecular complexity index is 1370. The van der Waals surface area contributed by atoms with Crippen molar-refractivity contribution >= 4 is 17.9 Å². The van der Waals surface area contributed by atoms with E-state index in [9.17, 15) is 14.4 Å². The number of carbonyl (C=O) groups is 3. The highest BCUT2D eigenvalue weighted by Gasteiger charge is 2.19. The van der Waals surface area contributed by atoms with Crippen molar-refractivity contribution in [2.45, 2.75) is 297 Å². The van der Waals surface area contributed by atoms with Crippen LogP contribution >= 0.6 is 0 Å². The molecular weight excluding hydrogens is 877 g/mol. The van der Waals surface area contributed by atoms with Crippen molar-refractivity contribution in [3.63, 3.8) is 0 Å². The number of hydrogen-bond acceptors (Lipinski definition) is 6. The number of rotatable bonds is 54. The Labute approximate surface area is 439 Å². The Kier molecular flexibility index (Phi) is 56.3. The minimum atomic E-state index is -0.792. The molecule has 6 heteroatoms. The summed E-state index contributed by atoms with van der Waals surface area (Å²) in [6, 6.07) is 0. The third-order valence-electron chi connectivity index (χ3n) is 12.9. The summed E-state index contributed by atoms with van der Waals surface area (Å²) < 4.78 is 16.9. The van der Waals surface area contributed by atoms with Gasteiger partial charge in [-0.15, -0.1) is 0 Å². The van der Waals surface area contributed by atoms with E-state index in [1.807, 2.05) is 0 Å². The molecule has 0 aliphatic carbocycles. The second kappa shape index (κ2) is 59.2. The van der Waals surface area contributed by atoms with Crippen LogP contribution in [0.4, 0.5) is 0 Å². The summed E-state index contributed by atoms with van der Waals surface area (Å²) in [6.07, 6.45) is 77.1. The Hall–Kier alpha value is -3.41. The van der Waals surface area contributed by atoms with E-state index in [0.717, 1.165) is 103 Å². The molecule has 0 bridgehead atoms. The van der Waals surface area contributed by atoms with Crippen molar-refractivity contribution in [3.8, 4) is 0 Å². The van der Waals surface area contributed by atoms with Crippen LogP contribution in [0.15, 0.2) is 85.1 Å². The number of unbranched alkanes of at least 4 members (excludes halogenated alkanes) is 29. The molecule has 0 amide bonds. The Balaban J connectivity index is 4.43. The number of allylic oxidation sites excluding steroid dienone is 14. The normalized spacial score (nSPS) is 12.7.